The molecule has 0 amide bonds. The minimum atomic E-state index is -0.847. The Bertz CT molecular complexity index is 326. The number of carboxylic acid groups (broad SMARTS) is 1. The molecule has 1 rings (SSSR count). The second-order valence-electron chi connectivity index (χ2n) is 2.68. The van der Waals surface area contributed by atoms with E-state index in [1.54, 1.807) is 0 Å². The Morgan fingerprint density at radius 3 is 2.14 bits per heavy atom. The fraction of sp³-hybridized carbons (Fsp3) is 0.222. The number of alkyl halides is 3. The zero-order valence-corrected chi connectivity index (χ0v) is 13.4. The molecular formula is C9H7I3O2. The summed E-state index contributed by atoms with van der Waals surface area (Å²) < 4.78 is -0.849. The monoisotopic (exact) mass is 528 g/mol. The van der Waals surface area contributed by atoms with E-state index in [1.807, 2.05) is 52.9 Å². The van der Waals surface area contributed by atoms with E-state index in [-0.39, 0.29) is 1.93 Å². The van der Waals surface area contributed by atoms with Gasteiger partial charge in [0.05, 0.1) is 1.93 Å². The Labute approximate surface area is 123 Å². The van der Waals surface area contributed by atoms with Crippen LogP contribution in [0.5, 0.6) is 0 Å². The molecule has 0 aliphatic carbocycles. The van der Waals surface area contributed by atoms with Crippen LogP contribution in [0.1, 0.15) is 5.56 Å². The van der Waals surface area contributed by atoms with Crippen LogP contribution in [-0.4, -0.2) is 13.0 Å². The molecule has 0 aliphatic heterocycles. The highest BCUT2D eigenvalue weighted by Crippen LogP contribution is 2.43. The van der Waals surface area contributed by atoms with Gasteiger partial charge < -0.3 is 5.11 Å². The molecule has 14 heavy (non-hydrogen) atoms. The van der Waals surface area contributed by atoms with Gasteiger partial charge in [0.25, 0.3) is 0 Å². The van der Waals surface area contributed by atoms with Gasteiger partial charge >= 0.3 is 5.97 Å². The summed E-state index contributed by atoms with van der Waals surface area (Å²) in [6, 6.07) is 9.32. The molecule has 1 unspecified atom stereocenters. The Morgan fingerprint density at radius 2 is 1.79 bits per heavy atom. The molecule has 76 valence electrons. The largest absolute Gasteiger partial charge is 0.480 e. The predicted molar refractivity (Wildman–Crippen MR) is 81.6 cm³/mol. The molecule has 2 nitrogen and oxygen atoms in total. The number of carboxylic acids is 1. The summed E-state index contributed by atoms with van der Waals surface area (Å²) in [5.41, 5.74) is 0.835. The summed E-state index contributed by atoms with van der Waals surface area (Å²) in [6.07, 6.45) is 0. The van der Waals surface area contributed by atoms with Crippen molar-refractivity contribution in [1.82, 2.24) is 0 Å². The highest BCUT2D eigenvalue weighted by molar-refractivity contribution is 14.2. The van der Waals surface area contributed by atoms with Gasteiger partial charge in [-0.3, -0.25) is 4.79 Å². The number of carbonyl (C=O) groups is 1. The molecule has 1 atom stereocenters. The van der Waals surface area contributed by atoms with Gasteiger partial charge in [-0.25, -0.2) is 0 Å². The summed E-state index contributed by atoms with van der Waals surface area (Å²) >= 11 is 6.28. The lowest BCUT2D eigenvalue weighted by molar-refractivity contribution is -0.138. The number of hydrogen-bond acceptors (Lipinski definition) is 1. The molecule has 0 bridgehead atoms. The number of hydrogen-bond donors (Lipinski definition) is 1. The highest BCUT2D eigenvalue weighted by Gasteiger charge is 2.42. The molecule has 1 N–H and O–H groups in total. The molecule has 0 aromatic heterocycles. The lowest BCUT2D eigenvalue weighted by atomic mass is 10.0. The van der Waals surface area contributed by atoms with Crippen molar-refractivity contribution in [2.45, 2.75) is 5.35 Å². The van der Waals surface area contributed by atoms with Crippen molar-refractivity contribution in [1.29, 1.82) is 0 Å². The van der Waals surface area contributed by atoms with Crippen LogP contribution in [0.25, 0.3) is 0 Å². The fourth-order valence-electron chi connectivity index (χ4n) is 1.02. The first-order chi connectivity index (χ1) is 6.49. The van der Waals surface area contributed by atoms with Crippen molar-refractivity contribution in [3.63, 3.8) is 0 Å². The Kier molecular flexibility index (Phi) is 4.88. The third-order valence-corrected chi connectivity index (χ3v) is 7.76. The molecule has 0 radical (unpaired) electrons. The van der Waals surface area contributed by atoms with Gasteiger partial charge in [0.15, 0.2) is 3.42 Å². The molecule has 1 aromatic rings. The number of halogens is 3. The van der Waals surface area contributed by atoms with E-state index in [2.05, 4.69) is 45.2 Å². The van der Waals surface area contributed by atoms with Crippen molar-refractivity contribution >= 4 is 73.7 Å². The number of rotatable bonds is 3. The highest BCUT2D eigenvalue weighted by atomic mass is 127. The van der Waals surface area contributed by atoms with E-state index >= 15 is 0 Å². The maximum Gasteiger partial charge on any atom is 0.326 e. The van der Waals surface area contributed by atoms with Gasteiger partial charge in [0.1, 0.15) is 0 Å². The molecule has 0 heterocycles. The third-order valence-electron chi connectivity index (χ3n) is 1.81. The summed E-state index contributed by atoms with van der Waals surface area (Å²) in [6.45, 7) is 0. The van der Waals surface area contributed by atoms with Gasteiger partial charge in [-0.05, 0) is 5.56 Å². The van der Waals surface area contributed by atoms with E-state index in [1.165, 1.54) is 0 Å². The van der Waals surface area contributed by atoms with Crippen LogP contribution in [0.15, 0.2) is 30.3 Å². The molecule has 0 aliphatic rings. The van der Waals surface area contributed by atoms with Gasteiger partial charge in [0.2, 0.25) is 0 Å². The zero-order chi connectivity index (χ0) is 10.8. The number of aliphatic carboxylic acids is 1. The summed E-state index contributed by atoms with van der Waals surface area (Å²) in [5.74, 6) is -0.793. The van der Waals surface area contributed by atoms with E-state index in [4.69, 9.17) is 0 Å². The van der Waals surface area contributed by atoms with Crippen LogP contribution >= 0.6 is 67.8 Å². The van der Waals surface area contributed by atoms with E-state index in [0.717, 1.165) is 5.56 Å². The summed E-state index contributed by atoms with van der Waals surface area (Å²) in [4.78, 5) is 11.2. The average Bonchev–Trinajstić information content (AvgIpc) is 2.17. The Morgan fingerprint density at radius 1 is 1.29 bits per heavy atom. The van der Waals surface area contributed by atoms with Crippen molar-refractivity contribution < 1.29 is 9.90 Å². The van der Waals surface area contributed by atoms with Crippen molar-refractivity contribution in [2.24, 2.45) is 0 Å². The minimum absolute atomic E-state index is 0.00167. The van der Waals surface area contributed by atoms with E-state index < -0.39 is 9.39 Å². The second-order valence-corrected chi connectivity index (χ2v) is 9.26. The van der Waals surface area contributed by atoms with Crippen LogP contribution < -0.4 is 0 Å². The lowest BCUT2D eigenvalue weighted by Gasteiger charge is -2.24. The van der Waals surface area contributed by atoms with E-state index in [0.29, 0.717) is 0 Å². The third kappa shape index (κ3) is 2.52. The van der Waals surface area contributed by atoms with Crippen molar-refractivity contribution in [2.75, 3.05) is 0 Å². The van der Waals surface area contributed by atoms with Gasteiger partial charge in [-0.2, -0.15) is 0 Å². The fourth-order valence-corrected chi connectivity index (χ4v) is 2.64. The van der Waals surface area contributed by atoms with Gasteiger partial charge in [-0.15, -0.1) is 0 Å². The summed E-state index contributed by atoms with van der Waals surface area (Å²) in [7, 11) is 0. The Balaban J connectivity index is 3.20. The zero-order valence-electron chi connectivity index (χ0n) is 6.95. The quantitative estimate of drug-likeness (QED) is 0.482. The minimum Gasteiger partial charge on any atom is -0.480 e. The first-order valence-electron chi connectivity index (χ1n) is 3.75. The van der Waals surface area contributed by atoms with Crippen molar-refractivity contribution in [3.8, 4) is 0 Å². The Hall–Kier alpha value is 0.880. The van der Waals surface area contributed by atoms with Crippen LogP contribution in [0.4, 0.5) is 0 Å². The topological polar surface area (TPSA) is 37.3 Å². The van der Waals surface area contributed by atoms with Crippen LogP contribution in [-0.2, 0) is 8.22 Å². The van der Waals surface area contributed by atoms with Crippen LogP contribution in [0, 0.1) is 0 Å². The molecule has 0 saturated heterocycles. The van der Waals surface area contributed by atoms with Crippen molar-refractivity contribution in [3.05, 3.63) is 35.9 Å². The SMILES string of the molecule is O=C(O)C(I)(c1ccccc1)C(I)I. The number of benzene rings is 1. The predicted octanol–water partition coefficient (Wildman–Crippen LogP) is 3.60. The van der Waals surface area contributed by atoms with Crippen LogP contribution in [0.3, 0.4) is 0 Å². The molecule has 1 aromatic carbocycles. The normalized spacial score (nSPS) is 15.1. The lowest BCUT2D eigenvalue weighted by Crippen LogP contribution is -2.34. The molecule has 5 heteroatoms. The van der Waals surface area contributed by atoms with Gasteiger partial charge in [0, 0.05) is 0 Å². The standard InChI is InChI=1S/C9H7I3O2/c10-7(11)9(12,8(13)14)6-4-2-1-3-5-6/h1-5,7H,(H,13,14). The average molecular weight is 528 g/mol. The molecule has 0 spiro atoms. The first kappa shape index (κ1) is 12.9. The van der Waals surface area contributed by atoms with Gasteiger partial charge in [-0.1, -0.05) is 98.1 Å². The van der Waals surface area contributed by atoms with E-state index in [9.17, 15) is 9.90 Å². The molecule has 0 fully saturated rings. The maximum absolute atomic E-state index is 11.2. The first-order valence-corrected chi connectivity index (χ1v) is 7.32. The summed E-state index contributed by atoms with van der Waals surface area (Å²) in [5, 5.41) is 9.24. The molecule has 0 saturated carbocycles. The van der Waals surface area contributed by atoms with Crippen LogP contribution in [0.2, 0.25) is 0 Å². The molecular weight excluding hydrogens is 521 g/mol. The maximum atomic E-state index is 11.2. The smallest absolute Gasteiger partial charge is 0.326 e. The second kappa shape index (κ2) is 5.28.